The molecule has 0 atom stereocenters. The van der Waals surface area contributed by atoms with Gasteiger partial charge in [0.2, 0.25) is 0 Å². The number of fused-ring (bicyclic) bond motifs is 1. The van der Waals surface area contributed by atoms with Gasteiger partial charge in [0.15, 0.2) is 29.8 Å². The van der Waals surface area contributed by atoms with Crippen molar-refractivity contribution in [1.82, 2.24) is 4.57 Å². The minimum Gasteiger partial charge on any atom is -0.493 e. The van der Waals surface area contributed by atoms with Crippen LogP contribution in [0.4, 0.5) is 0 Å². The van der Waals surface area contributed by atoms with Gasteiger partial charge in [-0.2, -0.15) is 0 Å². The highest BCUT2D eigenvalue weighted by Gasteiger charge is 2.24. The third-order valence-corrected chi connectivity index (χ3v) is 5.82. The maximum Gasteiger partial charge on any atom is 0.333 e. The summed E-state index contributed by atoms with van der Waals surface area (Å²) >= 11 is 0. The summed E-state index contributed by atoms with van der Waals surface area (Å²) in [6.45, 7) is 5.90. The Balaban J connectivity index is 2.39. The topological polar surface area (TPSA) is 77.4 Å². The summed E-state index contributed by atoms with van der Waals surface area (Å²) in [6, 6.07) is 7.65. The number of benzene rings is 2. The summed E-state index contributed by atoms with van der Waals surface area (Å²) in [6.07, 6.45) is 1.81. The monoisotopic (exact) mass is 483 g/mol. The van der Waals surface area contributed by atoms with Gasteiger partial charge in [0.05, 0.1) is 39.1 Å². The van der Waals surface area contributed by atoms with Crippen molar-refractivity contribution in [3.8, 4) is 34.3 Å². The van der Waals surface area contributed by atoms with Crippen molar-refractivity contribution >= 4 is 22.9 Å². The second-order valence-electron chi connectivity index (χ2n) is 7.92. The van der Waals surface area contributed by atoms with E-state index in [9.17, 15) is 4.79 Å². The van der Waals surface area contributed by atoms with Crippen LogP contribution in [0.2, 0.25) is 0 Å². The van der Waals surface area contributed by atoms with E-state index in [1.807, 2.05) is 38.2 Å². The van der Waals surface area contributed by atoms with Crippen LogP contribution in [-0.2, 0) is 21.3 Å². The Hall–Kier alpha value is -3.65. The molecule has 0 aliphatic heterocycles. The smallest absolute Gasteiger partial charge is 0.333 e. The summed E-state index contributed by atoms with van der Waals surface area (Å²) in [4.78, 5) is 12.4. The number of esters is 1. The van der Waals surface area contributed by atoms with Crippen molar-refractivity contribution in [3.63, 3.8) is 0 Å². The number of hydrogen-bond acceptors (Lipinski definition) is 7. The fourth-order valence-corrected chi connectivity index (χ4v) is 4.29. The van der Waals surface area contributed by atoms with Crippen LogP contribution >= 0.6 is 0 Å². The summed E-state index contributed by atoms with van der Waals surface area (Å²) in [5.74, 6) is 2.00. The van der Waals surface area contributed by atoms with E-state index in [0.29, 0.717) is 35.2 Å². The number of aromatic nitrogens is 1. The van der Waals surface area contributed by atoms with E-state index in [2.05, 4.69) is 4.57 Å². The molecule has 3 rings (SSSR count). The maximum absolute atomic E-state index is 12.4. The lowest BCUT2D eigenvalue weighted by atomic mass is 10.0. The predicted octanol–water partition coefficient (Wildman–Crippen LogP) is 5.13. The lowest BCUT2D eigenvalue weighted by molar-refractivity contribution is -0.138. The Labute approximate surface area is 205 Å². The number of hydrogen-bond donors (Lipinski definition) is 0. The molecule has 0 aliphatic rings. The minimum absolute atomic E-state index is 0.0581. The van der Waals surface area contributed by atoms with Gasteiger partial charge in [-0.1, -0.05) is 0 Å². The second-order valence-corrected chi connectivity index (χ2v) is 7.92. The predicted molar refractivity (Wildman–Crippen MR) is 136 cm³/mol. The highest BCUT2D eigenvalue weighted by atomic mass is 16.7. The first-order valence-corrected chi connectivity index (χ1v) is 11.2. The van der Waals surface area contributed by atoms with Crippen LogP contribution in [0.25, 0.3) is 28.2 Å². The Morgan fingerprint density at radius 1 is 1.00 bits per heavy atom. The SMILES string of the molecule is CCOC(=O)/C(C)=C/c1cc(OC)c(OCOC)c2c(C)c(-c3ccc(OC)c(OC)c3)n(C)c12. The number of carbonyl (C=O) groups is 1. The highest BCUT2D eigenvalue weighted by Crippen LogP contribution is 2.46. The molecule has 0 saturated heterocycles. The summed E-state index contributed by atoms with van der Waals surface area (Å²) in [5, 5.41) is 0.858. The minimum atomic E-state index is -0.370. The van der Waals surface area contributed by atoms with Crippen molar-refractivity contribution in [2.45, 2.75) is 20.8 Å². The van der Waals surface area contributed by atoms with Crippen molar-refractivity contribution in [2.75, 3.05) is 41.8 Å². The van der Waals surface area contributed by atoms with Gasteiger partial charge in [-0.25, -0.2) is 4.79 Å². The van der Waals surface area contributed by atoms with E-state index in [0.717, 1.165) is 33.3 Å². The standard InChI is InChI=1S/C27H33NO7/c1-9-34-27(29)16(2)12-19-14-22(33-8)26(35-15-30-5)23-17(3)24(28(4)25(19)23)18-10-11-20(31-6)21(13-18)32-7/h10-14H,9,15H2,1-8H3/b16-12+. The van der Waals surface area contributed by atoms with Crippen LogP contribution in [0.3, 0.4) is 0 Å². The van der Waals surface area contributed by atoms with Gasteiger partial charge in [-0.05, 0) is 56.7 Å². The van der Waals surface area contributed by atoms with Gasteiger partial charge in [0, 0.05) is 36.2 Å². The first-order chi connectivity index (χ1) is 16.8. The molecule has 35 heavy (non-hydrogen) atoms. The molecule has 0 unspecified atom stereocenters. The molecule has 0 amide bonds. The van der Waals surface area contributed by atoms with Crippen molar-refractivity contribution in [1.29, 1.82) is 0 Å². The number of rotatable bonds is 10. The van der Waals surface area contributed by atoms with Gasteiger partial charge in [-0.3, -0.25) is 0 Å². The average Bonchev–Trinajstić information content (AvgIpc) is 3.12. The molecule has 0 spiro atoms. The third-order valence-electron chi connectivity index (χ3n) is 5.82. The molecule has 0 radical (unpaired) electrons. The van der Waals surface area contributed by atoms with Crippen molar-refractivity contribution in [2.24, 2.45) is 7.05 Å². The van der Waals surface area contributed by atoms with E-state index >= 15 is 0 Å². The molecule has 0 fully saturated rings. The van der Waals surface area contributed by atoms with E-state index in [1.54, 1.807) is 48.4 Å². The van der Waals surface area contributed by atoms with Crippen LogP contribution in [0, 0.1) is 6.92 Å². The molecule has 0 saturated carbocycles. The van der Waals surface area contributed by atoms with Gasteiger partial charge in [0.25, 0.3) is 0 Å². The average molecular weight is 484 g/mol. The van der Waals surface area contributed by atoms with Gasteiger partial charge < -0.3 is 33.0 Å². The first-order valence-electron chi connectivity index (χ1n) is 11.2. The molecule has 0 bridgehead atoms. The van der Waals surface area contributed by atoms with E-state index in [-0.39, 0.29) is 12.8 Å². The molecule has 8 nitrogen and oxygen atoms in total. The molecule has 188 valence electrons. The molecule has 1 aromatic heterocycles. The van der Waals surface area contributed by atoms with E-state index in [1.165, 1.54) is 0 Å². The van der Waals surface area contributed by atoms with Crippen molar-refractivity contribution in [3.05, 3.63) is 41.0 Å². The number of carbonyl (C=O) groups excluding carboxylic acids is 1. The lowest BCUT2D eigenvalue weighted by Crippen LogP contribution is -2.05. The van der Waals surface area contributed by atoms with Crippen molar-refractivity contribution < 1.29 is 33.2 Å². The summed E-state index contributed by atoms with van der Waals surface area (Å²) in [7, 11) is 8.34. The zero-order valence-corrected chi connectivity index (χ0v) is 21.6. The van der Waals surface area contributed by atoms with Gasteiger partial charge in [-0.15, -0.1) is 0 Å². The largest absolute Gasteiger partial charge is 0.493 e. The Kier molecular flexibility index (Phi) is 8.30. The van der Waals surface area contributed by atoms with E-state index in [4.69, 9.17) is 28.4 Å². The first kappa shape index (κ1) is 26.0. The molecular weight excluding hydrogens is 450 g/mol. The Bertz CT molecular complexity index is 1260. The zero-order valence-electron chi connectivity index (χ0n) is 21.6. The van der Waals surface area contributed by atoms with E-state index < -0.39 is 0 Å². The van der Waals surface area contributed by atoms with Crippen LogP contribution in [0.5, 0.6) is 23.0 Å². The number of aryl methyl sites for hydroxylation is 2. The Morgan fingerprint density at radius 3 is 2.29 bits per heavy atom. The normalized spacial score (nSPS) is 11.5. The molecule has 1 heterocycles. The third kappa shape index (κ3) is 4.93. The lowest BCUT2D eigenvalue weighted by Gasteiger charge is -2.15. The molecule has 0 N–H and O–H groups in total. The molecular formula is C27H33NO7. The van der Waals surface area contributed by atoms with Crippen LogP contribution < -0.4 is 18.9 Å². The highest BCUT2D eigenvalue weighted by molar-refractivity contribution is 6.04. The number of methoxy groups -OCH3 is 4. The summed E-state index contributed by atoms with van der Waals surface area (Å²) in [5.41, 5.74) is 5.02. The van der Waals surface area contributed by atoms with Crippen LogP contribution in [-0.4, -0.2) is 52.4 Å². The van der Waals surface area contributed by atoms with Gasteiger partial charge in [0.1, 0.15) is 0 Å². The maximum atomic E-state index is 12.4. The summed E-state index contributed by atoms with van der Waals surface area (Å²) < 4.78 is 35.1. The molecule has 3 aromatic rings. The molecule has 8 heteroatoms. The fourth-order valence-electron chi connectivity index (χ4n) is 4.29. The van der Waals surface area contributed by atoms with Crippen LogP contribution in [0.1, 0.15) is 25.0 Å². The molecule has 2 aromatic carbocycles. The quantitative estimate of drug-likeness (QED) is 0.225. The Morgan fingerprint density at radius 2 is 1.69 bits per heavy atom. The van der Waals surface area contributed by atoms with Crippen LogP contribution in [0.15, 0.2) is 29.8 Å². The zero-order chi connectivity index (χ0) is 25.7. The number of ether oxygens (including phenoxy) is 6. The fraction of sp³-hybridized carbons (Fsp3) is 0.370. The molecule has 0 aliphatic carbocycles. The number of nitrogens with zero attached hydrogens (tertiary/aromatic N) is 1. The van der Waals surface area contributed by atoms with Gasteiger partial charge >= 0.3 is 5.97 Å². The second kappa shape index (κ2) is 11.2.